The number of rotatable bonds is 3. The number of aliphatic carboxylic acids is 1. The Morgan fingerprint density at radius 1 is 1.67 bits per heavy atom. The van der Waals surface area contributed by atoms with Crippen LogP contribution >= 0.6 is 0 Å². The maximum atomic E-state index is 10.2. The Balaban J connectivity index is 0.00000121. The molecule has 12 heavy (non-hydrogen) atoms. The molecule has 0 aromatic carbocycles. The molecule has 1 heterocycles. The van der Waals surface area contributed by atoms with Crippen LogP contribution in [0.1, 0.15) is 6.92 Å². The molecule has 0 spiro atoms. The van der Waals surface area contributed by atoms with Crippen LogP contribution in [-0.4, -0.2) is 15.6 Å². The van der Waals surface area contributed by atoms with Crippen LogP contribution in [-0.2, 0) is 17.9 Å². The third kappa shape index (κ3) is 3.21. The summed E-state index contributed by atoms with van der Waals surface area (Å²) in [5, 5.41) is 8.42. The minimum atomic E-state index is -0.816. The zero-order chi connectivity index (χ0) is 8.27. The van der Waals surface area contributed by atoms with Gasteiger partial charge in [0.2, 0.25) is 6.33 Å². The van der Waals surface area contributed by atoms with Gasteiger partial charge in [0.1, 0.15) is 12.4 Å². The van der Waals surface area contributed by atoms with Gasteiger partial charge in [-0.05, 0) is 6.92 Å². The molecule has 0 aliphatic carbocycles. The summed E-state index contributed by atoms with van der Waals surface area (Å²) in [5.74, 6) is -0.816. The maximum absolute atomic E-state index is 10.2. The first-order valence-electron chi connectivity index (χ1n) is 3.49. The van der Waals surface area contributed by atoms with E-state index in [0.717, 1.165) is 6.54 Å². The van der Waals surface area contributed by atoms with Crippen LogP contribution in [0.5, 0.6) is 0 Å². The van der Waals surface area contributed by atoms with Crippen molar-refractivity contribution < 1.29 is 38.4 Å². The SMILES string of the molecule is CCn1cc[n+](CC(=O)O)c1.[I-]. The molecular formula is C7H11IN2O2. The van der Waals surface area contributed by atoms with Gasteiger partial charge in [-0.2, -0.15) is 0 Å². The van der Waals surface area contributed by atoms with E-state index in [-0.39, 0.29) is 30.5 Å². The smallest absolute Gasteiger partial charge is 0.346 e. The molecule has 0 saturated carbocycles. The summed E-state index contributed by atoms with van der Waals surface area (Å²) in [5.41, 5.74) is 0. The lowest BCUT2D eigenvalue weighted by atomic mass is 10.6. The van der Waals surface area contributed by atoms with E-state index in [1.54, 1.807) is 17.1 Å². The molecule has 0 aliphatic heterocycles. The maximum Gasteiger partial charge on any atom is 0.346 e. The summed E-state index contributed by atoms with van der Waals surface area (Å²) in [6, 6.07) is 0. The van der Waals surface area contributed by atoms with Crippen molar-refractivity contribution >= 4 is 5.97 Å². The van der Waals surface area contributed by atoms with Gasteiger partial charge in [-0.25, -0.2) is 13.9 Å². The van der Waals surface area contributed by atoms with Crippen LogP contribution in [0.25, 0.3) is 0 Å². The number of carboxylic acids is 1. The van der Waals surface area contributed by atoms with Crippen molar-refractivity contribution in [2.75, 3.05) is 0 Å². The predicted octanol–water partition coefficient (Wildman–Crippen LogP) is -3.12. The highest BCUT2D eigenvalue weighted by Crippen LogP contribution is 1.82. The van der Waals surface area contributed by atoms with Crippen molar-refractivity contribution in [1.29, 1.82) is 0 Å². The van der Waals surface area contributed by atoms with Gasteiger partial charge in [0.15, 0.2) is 6.54 Å². The Morgan fingerprint density at radius 3 is 2.75 bits per heavy atom. The number of hydrogen-bond acceptors (Lipinski definition) is 1. The predicted molar refractivity (Wildman–Crippen MR) is 37.9 cm³/mol. The third-order valence-electron chi connectivity index (χ3n) is 1.43. The quantitative estimate of drug-likeness (QED) is 0.471. The van der Waals surface area contributed by atoms with E-state index >= 15 is 0 Å². The summed E-state index contributed by atoms with van der Waals surface area (Å²) in [7, 11) is 0. The van der Waals surface area contributed by atoms with E-state index in [2.05, 4.69) is 0 Å². The topological polar surface area (TPSA) is 46.1 Å². The average molecular weight is 282 g/mol. The fourth-order valence-electron chi connectivity index (χ4n) is 0.876. The van der Waals surface area contributed by atoms with Crippen molar-refractivity contribution in [3.05, 3.63) is 18.7 Å². The number of carbonyl (C=O) groups is 1. The molecule has 1 N–H and O–H groups in total. The van der Waals surface area contributed by atoms with Crippen LogP contribution in [0.3, 0.4) is 0 Å². The Bertz CT molecular complexity index is 260. The van der Waals surface area contributed by atoms with Gasteiger partial charge in [0.05, 0.1) is 6.54 Å². The molecule has 5 heteroatoms. The summed E-state index contributed by atoms with van der Waals surface area (Å²) in [4.78, 5) is 10.2. The number of halogens is 1. The first-order chi connectivity index (χ1) is 5.22. The number of aryl methyl sites for hydroxylation is 1. The van der Waals surface area contributed by atoms with Crippen molar-refractivity contribution in [3.8, 4) is 0 Å². The fourth-order valence-corrected chi connectivity index (χ4v) is 0.876. The average Bonchev–Trinajstić information content (AvgIpc) is 2.34. The number of carboxylic acid groups (broad SMARTS) is 1. The molecule has 0 atom stereocenters. The lowest BCUT2D eigenvalue weighted by molar-refractivity contribution is -0.685. The number of nitrogens with zero attached hydrogens (tertiary/aromatic N) is 2. The monoisotopic (exact) mass is 282 g/mol. The lowest BCUT2D eigenvalue weighted by Crippen LogP contribution is -3.00. The van der Waals surface area contributed by atoms with Gasteiger partial charge in [-0.1, -0.05) is 0 Å². The van der Waals surface area contributed by atoms with Gasteiger partial charge in [0, 0.05) is 0 Å². The molecule has 0 fully saturated rings. The zero-order valence-electron chi connectivity index (χ0n) is 6.77. The van der Waals surface area contributed by atoms with Crippen molar-refractivity contribution in [1.82, 2.24) is 4.57 Å². The lowest BCUT2D eigenvalue weighted by Gasteiger charge is -1.87. The van der Waals surface area contributed by atoms with E-state index in [4.69, 9.17) is 5.11 Å². The van der Waals surface area contributed by atoms with Gasteiger partial charge >= 0.3 is 5.97 Å². The van der Waals surface area contributed by atoms with E-state index in [1.165, 1.54) is 0 Å². The summed E-state index contributed by atoms with van der Waals surface area (Å²) in [6.45, 7) is 2.91. The number of hydrogen-bond donors (Lipinski definition) is 1. The van der Waals surface area contributed by atoms with Crippen LogP contribution in [0, 0.1) is 0 Å². The Hall–Kier alpha value is -0.590. The van der Waals surface area contributed by atoms with E-state index in [0.29, 0.717) is 0 Å². The highest BCUT2D eigenvalue weighted by molar-refractivity contribution is 5.64. The molecule has 0 aliphatic rings. The van der Waals surface area contributed by atoms with Crippen LogP contribution in [0.15, 0.2) is 18.7 Å². The number of imidazole rings is 1. The van der Waals surface area contributed by atoms with Gasteiger partial charge < -0.3 is 29.1 Å². The molecule has 0 amide bonds. The summed E-state index contributed by atoms with van der Waals surface area (Å²) < 4.78 is 3.55. The van der Waals surface area contributed by atoms with Crippen molar-refractivity contribution in [2.24, 2.45) is 0 Å². The molecule has 1 aromatic heterocycles. The van der Waals surface area contributed by atoms with E-state index in [1.807, 2.05) is 17.7 Å². The number of aromatic nitrogens is 2. The van der Waals surface area contributed by atoms with Crippen molar-refractivity contribution in [3.63, 3.8) is 0 Å². The second kappa shape index (κ2) is 5.13. The first-order valence-corrected chi connectivity index (χ1v) is 3.49. The molecule has 68 valence electrons. The first kappa shape index (κ1) is 11.4. The largest absolute Gasteiger partial charge is 1.00 e. The minimum absolute atomic E-state index is 0. The second-order valence-corrected chi connectivity index (χ2v) is 2.31. The highest BCUT2D eigenvalue weighted by atomic mass is 127. The third-order valence-corrected chi connectivity index (χ3v) is 1.43. The Morgan fingerprint density at radius 2 is 2.33 bits per heavy atom. The van der Waals surface area contributed by atoms with Crippen LogP contribution < -0.4 is 28.5 Å². The summed E-state index contributed by atoms with van der Waals surface area (Å²) >= 11 is 0. The molecule has 0 unspecified atom stereocenters. The second-order valence-electron chi connectivity index (χ2n) is 2.31. The molecule has 1 rings (SSSR count). The summed E-state index contributed by atoms with van der Waals surface area (Å²) in [6.07, 6.45) is 5.37. The normalized spacial score (nSPS) is 9.08. The standard InChI is InChI=1S/C7H10N2O2.HI/c1-2-8-3-4-9(6-8)5-7(10)11;/h3-4,6H,2,5H2,1H3;1H. The van der Waals surface area contributed by atoms with Gasteiger partial charge in [-0.15, -0.1) is 0 Å². The molecule has 0 bridgehead atoms. The Kier molecular flexibility index (Phi) is 4.87. The Labute approximate surface area is 87.8 Å². The van der Waals surface area contributed by atoms with Crippen LogP contribution in [0.4, 0.5) is 0 Å². The molecule has 0 saturated heterocycles. The molecule has 4 nitrogen and oxygen atoms in total. The molecule has 0 radical (unpaired) electrons. The molecular weight excluding hydrogens is 271 g/mol. The fraction of sp³-hybridized carbons (Fsp3) is 0.429. The van der Waals surface area contributed by atoms with Crippen LogP contribution in [0.2, 0.25) is 0 Å². The van der Waals surface area contributed by atoms with Gasteiger partial charge in [0.25, 0.3) is 0 Å². The van der Waals surface area contributed by atoms with E-state index in [9.17, 15) is 4.79 Å². The molecule has 1 aromatic rings. The van der Waals surface area contributed by atoms with E-state index < -0.39 is 5.97 Å². The zero-order valence-corrected chi connectivity index (χ0v) is 8.93. The van der Waals surface area contributed by atoms with Gasteiger partial charge in [-0.3, -0.25) is 0 Å². The highest BCUT2D eigenvalue weighted by Gasteiger charge is 2.05. The minimum Gasteiger partial charge on any atom is -1.00 e. The van der Waals surface area contributed by atoms with Crippen molar-refractivity contribution in [2.45, 2.75) is 20.0 Å².